The van der Waals surface area contributed by atoms with E-state index in [1.165, 1.54) is 4.68 Å². The molecule has 0 unspecified atom stereocenters. The molecule has 8 heteroatoms. The molecule has 1 heterocycles. The van der Waals surface area contributed by atoms with E-state index < -0.39 is 4.92 Å². The van der Waals surface area contributed by atoms with Gasteiger partial charge in [0.25, 0.3) is 0 Å². The molecule has 8 nitrogen and oxygen atoms in total. The summed E-state index contributed by atoms with van der Waals surface area (Å²) < 4.78 is 6.27. The highest BCUT2D eigenvalue weighted by Crippen LogP contribution is 2.28. The second-order valence-corrected chi connectivity index (χ2v) is 4.21. The molecule has 0 aromatic carbocycles. The number of aryl methyl sites for hydroxylation is 2. The van der Waals surface area contributed by atoms with Gasteiger partial charge in [-0.25, -0.2) is 4.68 Å². The normalized spacial score (nSPS) is 10.3. The Balaban J connectivity index is 2.62. The van der Waals surface area contributed by atoms with Crippen LogP contribution in [0.2, 0.25) is 0 Å². The first kappa shape index (κ1) is 15.9. The SMILES string of the molecule is CCOC(=O)CCCNc1c([N+](=O)[O-])c(CC)nn1C. The third kappa shape index (κ3) is 3.94. The highest BCUT2D eigenvalue weighted by atomic mass is 16.6. The van der Waals surface area contributed by atoms with Crippen LogP contribution in [-0.2, 0) is 23.0 Å². The average molecular weight is 284 g/mol. The van der Waals surface area contributed by atoms with Crippen LogP contribution in [0.5, 0.6) is 0 Å². The van der Waals surface area contributed by atoms with Gasteiger partial charge >= 0.3 is 11.7 Å². The van der Waals surface area contributed by atoms with E-state index in [4.69, 9.17) is 4.74 Å². The van der Waals surface area contributed by atoms with Crippen LogP contribution in [0.25, 0.3) is 0 Å². The number of nitro groups is 1. The Bertz CT molecular complexity index is 484. The Morgan fingerprint density at radius 2 is 2.20 bits per heavy atom. The zero-order valence-corrected chi connectivity index (χ0v) is 12.0. The summed E-state index contributed by atoms with van der Waals surface area (Å²) in [5, 5.41) is 18.2. The van der Waals surface area contributed by atoms with Crippen LogP contribution in [0, 0.1) is 10.1 Å². The third-order valence-corrected chi connectivity index (χ3v) is 2.76. The average Bonchev–Trinajstić information content (AvgIpc) is 2.71. The zero-order chi connectivity index (χ0) is 15.1. The predicted octanol–water partition coefficient (Wildman–Crippen LogP) is 1.65. The molecule has 0 saturated heterocycles. The van der Waals surface area contributed by atoms with Crippen molar-refractivity contribution in [1.29, 1.82) is 0 Å². The van der Waals surface area contributed by atoms with Gasteiger partial charge in [-0.1, -0.05) is 6.92 Å². The van der Waals surface area contributed by atoms with Crippen LogP contribution >= 0.6 is 0 Å². The number of nitrogens with zero attached hydrogens (tertiary/aromatic N) is 3. The molecule has 0 amide bonds. The second-order valence-electron chi connectivity index (χ2n) is 4.21. The standard InChI is InChI=1S/C12H20N4O4/c1-4-9-11(16(18)19)12(15(3)14-9)13-8-6-7-10(17)20-5-2/h13H,4-8H2,1-3H3. The summed E-state index contributed by atoms with van der Waals surface area (Å²) in [7, 11) is 1.65. The molecule has 1 aromatic rings. The number of ether oxygens (including phenoxy) is 1. The molecule has 1 rings (SSSR count). The van der Waals surface area contributed by atoms with Crippen LogP contribution in [0.4, 0.5) is 11.5 Å². The maximum Gasteiger partial charge on any atom is 0.333 e. The molecule has 0 radical (unpaired) electrons. The second kappa shape index (κ2) is 7.46. The van der Waals surface area contributed by atoms with Gasteiger partial charge in [0.15, 0.2) is 0 Å². The van der Waals surface area contributed by atoms with Gasteiger partial charge in [-0.2, -0.15) is 5.10 Å². The third-order valence-electron chi connectivity index (χ3n) is 2.76. The Morgan fingerprint density at radius 1 is 1.50 bits per heavy atom. The number of hydrogen-bond donors (Lipinski definition) is 1. The molecule has 0 aliphatic carbocycles. The minimum Gasteiger partial charge on any atom is -0.466 e. The van der Waals surface area contributed by atoms with Crippen LogP contribution in [0.1, 0.15) is 32.4 Å². The van der Waals surface area contributed by atoms with Gasteiger partial charge < -0.3 is 10.1 Å². The quantitative estimate of drug-likeness (QED) is 0.337. The molecule has 0 aliphatic heterocycles. The summed E-state index contributed by atoms with van der Waals surface area (Å²) in [6.07, 6.45) is 1.32. The van der Waals surface area contributed by atoms with Crippen LogP contribution in [0.15, 0.2) is 0 Å². The van der Waals surface area contributed by atoms with Crippen LogP contribution in [0.3, 0.4) is 0 Å². The first-order chi connectivity index (χ1) is 9.51. The first-order valence-electron chi connectivity index (χ1n) is 6.60. The fourth-order valence-electron chi connectivity index (χ4n) is 1.87. The largest absolute Gasteiger partial charge is 0.466 e. The summed E-state index contributed by atoms with van der Waals surface area (Å²) in [4.78, 5) is 21.8. The van der Waals surface area contributed by atoms with Crippen molar-refractivity contribution in [3.8, 4) is 0 Å². The maximum atomic E-state index is 11.2. The number of anilines is 1. The Labute approximate surface area is 117 Å². The highest BCUT2D eigenvalue weighted by molar-refractivity contribution is 5.69. The van der Waals surface area contributed by atoms with Gasteiger partial charge in [-0.3, -0.25) is 14.9 Å². The van der Waals surface area contributed by atoms with Crippen molar-refractivity contribution in [2.24, 2.45) is 7.05 Å². The van der Waals surface area contributed by atoms with Gasteiger partial charge in [0.1, 0.15) is 5.69 Å². The summed E-state index contributed by atoms with van der Waals surface area (Å²) in [6.45, 7) is 4.38. The van der Waals surface area contributed by atoms with Gasteiger partial charge in [0.2, 0.25) is 5.82 Å². The van der Waals surface area contributed by atoms with E-state index in [0.717, 1.165) is 0 Å². The van der Waals surface area contributed by atoms with Crippen molar-refractivity contribution >= 4 is 17.5 Å². The number of esters is 1. The van der Waals surface area contributed by atoms with Gasteiger partial charge in [-0.05, 0) is 19.8 Å². The summed E-state index contributed by atoms with van der Waals surface area (Å²) >= 11 is 0. The highest BCUT2D eigenvalue weighted by Gasteiger charge is 2.25. The van der Waals surface area contributed by atoms with Crippen molar-refractivity contribution in [1.82, 2.24) is 9.78 Å². The lowest BCUT2D eigenvalue weighted by Gasteiger charge is -2.06. The molecule has 0 fully saturated rings. The zero-order valence-electron chi connectivity index (χ0n) is 12.0. The maximum absolute atomic E-state index is 11.2. The molecule has 0 bridgehead atoms. The fourth-order valence-corrected chi connectivity index (χ4v) is 1.87. The van der Waals surface area contributed by atoms with Crippen LogP contribution in [-0.4, -0.2) is 33.8 Å². The van der Waals surface area contributed by atoms with Gasteiger partial charge in [0, 0.05) is 20.0 Å². The lowest BCUT2D eigenvalue weighted by atomic mass is 10.3. The van der Waals surface area contributed by atoms with Crippen molar-refractivity contribution in [2.75, 3.05) is 18.5 Å². The van der Waals surface area contributed by atoms with E-state index in [9.17, 15) is 14.9 Å². The summed E-state index contributed by atoms with van der Waals surface area (Å²) in [5.74, 6) is 0.110. The molecule has 1 aromatic heterocycles. The molecular weight excluding hydrogens is 264 g/mol. The minimum absolute atomic E-state index is 0.00568. The smallest absolute Gasteiger partial charge is 0.333 e. The molecular formula is C12H20N4O4. The van der Waals surface area contributed by atoms with Gasteiger partial charge in [0.05, 0.1) is 11.5 Å². The van der Waals surface area contributed by atoms with Crippen molar-refractivity contribution in [2.45, 2.75) is 33.1 Å². The lowest BCUT2D eigenvalue weighted by Crippen LogP contribution is -2.11. The van der Waals surface area contributed by atoms with Gasteiger partial charge in [-0.15, -0.1) is 0 Å². The number of rotatable bonds is 8. The van der Waals surface area contributed by atoms with Crippen LogP contribution < -0.4 is 5.32 Å². The van der Waals surface area contributed by atoms with E-state index in [1.807, 2.05) is 6.92 Å². The molecule has 0 spiro atoms. The van der Waals surface area contributed by atoms with E-state index >= 15 is 0 Å². The lowest BCUT2D eigenvalue weighted by molar-refractivity contribution is -0.384. The number of nitrogens with one attached hydrogen (secondary N) is 1. The molecule has 0 atom stereocenters. The Morgan fingerprint density at radius 3 is 2.75 bits per heavy atom. The Kier molecular flexibility index (Phi) is 5.95. The molecule has 20 heavy (non-hydrogen) atoms. The monoisotopic (exact) mass is 284 g/mol. The molecule has 0 aliphatic rings. The van der Waals surface area contributed by atoms with E-state index in [0.29, 0.717) is 37.5 Å². The van der Waals surface area contributed by atoms with Crippen molar-refractivity contribution in [3.63, 3.8) is 0 Å². The predicted molar refractivity (Wildman–Crippen MR) is 73.6 cm³/mol. The first-order valence-corrected chi connectivity index (χ1v) is 6.60. The van der Waals surface area contributed by atoms with Crippen molar-refractivity contribution < 1.29 is 14.5 Å². The summed E-state index contributed by atoms with van der Waals surface area (Å²) in [6, 6.07) is 0. The number of hydrogen-bond acceptors (Lipinski definition) is 6. The topological polar surface area (TPSA) is 99.3 Å². The minimum atomic E-state index is -0.431. The molecule has 1 N–H and O–H groups in total. The van der Waals surface area contributed by atoms with E-state index in [1.54, 1.807) is 14.0 Å². The Hall–Kier alpha value is -2.12. The van der Waals surface area contributed by atoms with E-state index in [-0.39, 0.29) is 18.1 Å². The summed E-state index contributed by atoms with van der Waals surface area (Å²) in [5.41, 5.74) is 0.455. The fraction of sp³-hybridized carbons (Fsp3) is 0.667. The van der Waals surface area contributed by atoms with Crippen molar-refractivity contribution in [3.05, 3.63) is 15.8 Å². The molecule has 112 valence electrons. The number of carbonyl (C=O) groups is 1. The number of aromatic nitrogens is 2. The van der Waals surface area contributed by atoms with E-state index in [2.05, 4.69) is 10.4 Å². The molecule has 0 saturated carbocycles. The number of carbonyl (C=O) groups excluding carboxylic acids is 1.